The topological polar surface area (TPSA) is 74.6 Å². The van der Waals surface area contributed by atoms with Crippen LogP contribution in [0.2, 0.25) is 0 Å². The summed E-state index contributed by atoms with van der Waals surface area (Å²) in [7, 11) is 0. The molecule has 14 rings (SSSR count). The molecule has 0 saturated carbocycles. The first-order valence-electron chi connectivity index (χ1n) is 22.0. The number of rotatable bonds is 6. The molecule has 0 radical (unpaired) electrons. The second-order valence-electron chi connectivity index (χ2n) is 16.6. The van der Waals surface area contributed by atoms with Crippen LogP contribution in [0.15, 0.2) is 211 Å². The summed E-state index contributed by atoms with van der Waals surface area (Å²) in [5.74, 6) is 1.62. The summed E-state index contributed by atoms with van der Waals surface area (Å²) in [6, 6.07) is 72.1. The molecule has 7 nitrogen and oxygen atoms in total. The monoisotopic (exact) mass is 862 g/mol. The number of thiazole rings is 1. The maximum absolute atomic E-state index is 6.57. The fraction of sp³-hybridized carbons (Fsp3) is 0. The minimum Gasteiger partial charge on any atom is -0.455 e. The van der Waals surface area contributed by atoms with E-state index in [4.69, 9.17) is 24.4 Å². The summed E-state index contributed by atoms with van der Waals surface area (Å²) in [6.45, 7) is 0. The maximum Gasteiger partial charge on any atom is 0.238 e. The SMILES string of the molecule is c1ccc(-c2nc(-c3cccc4c3oc3ccccc34)nc(-n3c4ccccc4c4ccc5c6ccccc6n(-c6ccc(-c7cccc8nc(-c9ccccc9)sc78)cc6)c5c43)n2)cc1. The van der Waals surface area contributed by atoms with Gasteiger partial charge in [0.15, 0.2) is 11.6 Å². The summed E-state index contributed by atoms with van der Waals surface area (Å²) in [5, 5.41) is 7.60. The molecule has 0 aliphatic rings. The third-order valence-electron chi connectivity index (χ3n) is 12.8. The number of aromatic nitrogens is 6. The predicted octanol–water partition coefficient (Wildman–Crippen LogP) is 15.2. The van der Waals surface area contributed by atoms with Crippen LogP contribution in [0.25, 0.3) is 132 Å². The van der Waals surface area contributed by atoms with Gasteiger partial charge in [-0.3, -0.25) is 4.57 Å². The molecule has 0 aliphatic carbocycles. The van der Waals surface area contributed by atoms with E-state index in [1.54, 1.807) is 11.3 Å². The van der Waals surface area contributed by atoms with Gasteiger partial charge in [-0.1, -0.05) is 164 Å². The quantitative estimate of drug-likeness (QED) is 0.166. The summed E-state index contributed by atoms with van der Waals surface area (Å²) in [5.41, 5.74) is 12.9. The van der Waals surface area contributed by atoms with E-state index in [1.807, 2.05) is 60.7 Å². The first-order chi connectivity index (χ1) is 32.7. The second kappa shape index (κ2) is 14.4. The van der Waals surface area contributed by atoms with Crippen LogP contribution in [-0.2, 0) is 0 Å². The molecule has 8 heteroatoms. The smallest absolute Gasteiger partial charge is 0.238 e. The van der Waals surface area contributed by atoms with E-state index in [-0.39, 0.29) is 0 Å². The largest absolute Gasteiger partial charge is 0.455 e. The molecule has 5 aromatic heterocycles. The summed E-state index contributed by atoms with van der Waals surface area (Å²) in [6.07, 6.45) is 0. The predicted molar refractivity (Wildman–Crippen MR) is 271 cm³/mol. The fourth-order valence-corrected chi connectivity index (χ4v) is 11.0. The highest BCUT2D eigenvalue weighted by Crippen LogP contribution is 2.43. The van der Waals surface area contributed by atoms with Crippen molar-refractivity contribution in [3.8, 4) is 56.1 Å². The molecule has 0 unspecified atom stereocenters. The standard InChI is InChI=1S/C58H34N6OS/c1-3-15-36(16-4-1)55-60-56(46-24-13-23-45-42-21-9-12-28-50(42)65-53(45)46)62-58(61-55)64-49-27-11-8-20-41(49)44-34-33-43-40-19-7-10-26-48(40)63(51(43)52(44)64)38-31-29-35(30-32-38)39-22-14-25-47-54(39)66-57(59-47)37-17-5-2-6-18-37/h1-34H. The van der Waals surface area contributed by atoms with Crippen molar-refractivity contribution in [2.45, 2.75) is 0 Å². The molecule has 308 valence electrons. The van der Waals surface area contributed by atoms with Crippen LogP contribution in [0, 0.1) is 0 Å². The van der Waals surface area contributed by atoms with E-state index in [9.17, 15) is 0 Å². The van der Waals surface area contributed by atoms with Gasteiger partial charge >= 0.3 is 0 Å². The van der Waals surface area contributed by atoms with Crippen LogP contribution in [-0.4, -0.2) is 29.1 Å². The van der Waals surface area contributed by atoms with E-state index >= 15 is 0 Å². The van der Waals surface area contributed by atoms with Crippen molar-refractivity contribution >= 4 is 87.1 Å². The van der Waals surface area contributed by atoms with Crippen molar-refractivity contribution in [2.24, 2.45) is 0 Å². The Balaban J connectivity index is 1.02. The van der Waals surface area contributed by atoms with Gasteiger partial charge in [-0.15, -0.1) is 11.3 Å². The van der Waals surface area contributed by atoms with Gasteiger partial charge in [0.05, 0.1) is 37.8 Å². The van der Waals surface area contributed by atoms with Gasteiger partial charge in [-0.05, 0) is 48.0 Å². The van der Waals surface area contributed by atoms with Crippen LogP contribution < -0.4 is 0 Å². The highest BCUT2D eigenvalue weighted by molar-refractivity contribution is 7.22. The summed E-state index contributed by atoms with van der Waals surface area (Å²) < 4.78 is 12.4. The van der Waals surface area contributed by atoms with Gasteiger partial charge in [0.1, 0.15) is 16.2 Å². The molecule has 0 atom stereocenters. The van der Waals surface area contributed by atoms with Crippen molar-refractivity contribution < 1.29 is 4.42 Å². The zero-order valence-electron chi connectivity index (χ0n) is 35.1. The van der Waals surface area contributed by atoms with E-state index in [2.05, 4.69) is 155 Å². The number of para-hydroxylation sites is 4. The molecule has 66 heavy (non-hydrogen) atoms. The van der Waals surface area contributed by atoms with Gasteiger partial charge in [0.2, 0.25) is 5.95 Å². The molecule has 0 N–H and O–H groups in total. The van der Waals surface area contributed by atoms with Crippen LogP contribution in [0.3, 0.4) is 0 Å². The van der Waals surface area contributed by atoms with Gasteiger partial charge in [0.25, 0.3) is 0 Å². The minimum atomic E-state index is 0.519. The Hall–Kier alpha value is -8.72. The zero-order chi connectivity index (χ0) is 43.3. The number of nitrogens with zero attached hydrogens (tertiary/aromatic N) is 6. The number of benzene rings is 9. The van der Waals surface area contributed by atoms with E-state index in [0.717, 1.165) is 104 Å². The van der Waals surface area contributed by atoms with Crippen molar-refractivity contribution in [1.29, 1.82) is 0 Å². The highest BCUT2D eigenvalue weighted by atomic mass is 32.1. The molecule has 9 aromatic carbocycles. The Morgan fingerprint density at radius 1 is 0.379 bits per heavy atom. The van der Waals surface area contributed by atoms with Crippen LogP contribution in [0.5, 0.6) is 0 Å². The van der Waals surface area contributed by atoms with Gasteiger partial charge < -0.3 is 8.98 Å². The van der Waals surface area contributed by atoms with Gasteiger partial charge in [-0.25, -0.2) is 9.97 Å². The van der Waals surface area contributed by atoms with Crippen molar-refractivity contribution in [2.75, 3.05) is 0 Å². The molecule has 0 fully saturated rings. The first-order valence-corrected chi connectivity index (χ1v) is 22.8. The number of furan rings is 1. The van der Waals surface area contributed by atoms with Crippen LogP contribution in [0.1, 0.15) is 0 Å². The molecule has 0 spiro atoms. The Morgan fingerprint density at radius 3 is 1.73 bits per heavy atom. The Labute approximate surface area is 381 Å². The molecule has 0 amide bonds. The average Bonchev–Trinajstić information content (AvgIpc) is 4.16. The fourth-order valence-electron chi connectivity index (χ4n) is 9.87. The lowest BCUT2D eigenvalue weighted by Gasteiger charge is -2.14. The molecule has 0 saturated heterocycles. The third-order valence-corrected chi connectivity index (χ3v) is 14.0. The maximum atomic E-state index is 6.57. The molecule has 0 bridgehead atoms. The van der Waals surface area contributed by atoms with Crippen molar-refractivity contribution in [1.82, 2.24) is 29.1 Å². The highest BCUT2D eigenvalue weighted by Gasteiger charge is 2.25. The van der Waals surface area contributed by atoms with E-state index < -0.39 is 0 Å². The second-order valence-corrected chi connectivity index (χ2v) is 17.6. The number of hydrogen-bond donors (Lipinski definition) is 0. The molecular weight excluding hydrogens is 829 g/mol. The Bertz CT molecular complexity index is 4220. The van der Waals surface area contributed by atoms with Gasteiger partial charge in [0, 0.05) is 54.7 Å². The zero-order valence-corrected chi connectivity index (χ0v) is 35.9. The Morgan fingerprint density at radius 2 is 0.970 bits per heavy atom. The minimum absolute atomic E-state index is 0.519. The van der Waals surface area contributed by atoms with Crippen LogP contribution >= 0.6 is 11.3 Å². The number of hydrogen-bond acceptors (Lipinski definition) is 6. The molecule has 0 aliphatic heterocycles. The van der Waals surface area contributed by atoms with Crippen molar-refractivity contribution in [3.05, 3.63) is 206 Å². The van der Waals surface area contributed by atoms with E-state index in [0.29, 0.717) is 17.6 Å². The molecule has 14 aromatic rings. The summed E-state index contributed by atoms with van der Waals surface area (Å²) >= 11 is 1.74. The van der Waals surface area contributed by atoms with Crippen molar-refractivity contribution in [3.63, 3.8) is 0 Å². The third kappa shape index (κ3) is 5.55. The van der Waals surface area contributed by atoms with Crippen LogP contribution in [0.4, 0.5) is 0 Å². The normalized spacial score (nSPS) is 11.9. The summed E-state index contributed by atoms with van der Waals surface area (Å²) in [4.78, 5) is 21.0. The number of fused-ring (bicyclic) bond motifs is 11. The lowest BCUT2D eigenvalue weighted by atomic mass is 10.0. The molecular formula is C58H34N6OS. The lowest BCUT2D eigenvalue weighted by molar-refractivity contribution is 0.669. The molecule has 5 heterocycles. The first kappa shape index (κ1) is 36.7. The average molecular weight is 863 g/mol. The van der Waals surface area contributed by atoms with E-state index in [1.165, 1.54) is 10.3 Å². The van der Waals surface area contributed by atoms with Gasteiger partial charge in [-0.2, -0.15) is 9.97 Å². The lowest BCUT2D eigenvalue weighted by Crippen LogP contribution is -2.07. The Kier molecular flexibility index (Phi) is 8.02.